The van der Waals surface area contributed by atoms with Crippen LogP contribution in [0.25, 0.3) is 0 Å². The Morgan fingerprint density at radius 2 is 1.47 bits per heavy atom. The van der Waals surface area contributed by atoms with E-state index < -0.39 is 0 Å². The van der Waals surface area contributed by atoms with Crippen molar-refractivity contribution in [3.8, 4) is 0 Å². The number of amides is 2. The van der Waals surface area contributed by atoms with E-state index in [2.05, 4.69) is 88.7 Å². The third kappa shape index (κ3) is 7.41. The van der Waals surface area contributed by atoms with Crippen molar-refractivity contribution in [1.29, 1.82) is 0 Å². The van der Waals surface area contributed by atoms with E-state index in [4.69, 9.17) is 18.6 Å². The van der Waals surface area contributed by atoms with Crippen molar-refractivity contribution in [3.05, 3.63) is 74.6 Å². The number of allylic oxidation sites excluding steroid dienone is 2. The van der Waals surface area contributed by atoms with Gasteiger partial charge in [0.25, 0.3) is 0 Å². The Bertz CT molecular complexity index is 807. The minimum atomic E-state index is 0.113. The van der Waals surface area contributed by atoms with Crippen LogP contribution in [0.2, 0.25) is 0 Å². The summed E-state index contributed by atoms with van der Waals surface area (Å²) in [4.78, 5) is 17.0. The number of hydrogen-bond acceptors (Lipinski definition) is 1. The molecule has 2 aliphatic rings. The van der Waals surface area contributed by atoms with Gasteiger partial charge in [0.2, 0.25) is 0 Å². The summed E-state index contributed by atoms with van der Waals surface area (Å²) in [6.45, 7) is 24.8. The molecule has 2 amide bonds. The molecule has 7 nitrogen and oxygen atoms in total. The second-order valence-corrected chi connectivity index (χ2v) is 8.73. The van der Waals surface area contributed by atoms with E-state index in [0.29, 0.717) is 17.8 Å². The number of hydrogen-bond donors (Lipinski definition) is 0. The first-order valence-corrected chi connectivity index (χ1v) is 11.0. The average Bonchev–Trinajstić information content (AvgIpc) is 3.08. The van der Waals surface area contributed by atoms with Gasteiger partial charge in [-0.3, -0.25) is 0 Å². The second-order valence-electron chi connectivity index (χ2n) is 7.22. The molecular weight excluding hydrogens is 580 g/mol. The van der Waals surface area contributed by atoms with Crippen LogP contribution in [0.1, 0.15) is 38.8 Å². The normalized spacial score (nSPS) is 25.1. The Labute approximate surface area is 201 Å². The molecule has 5 atom stereocenters. The maximum absolute atomic E-state index is 13.0. The fourth-order valence-electron chi connectivity index (χ4n) is 4.12. The van der Waals surface area contributed by atoms with E-state index in [1.807, 2.05) is 18.0 Å². The molecule has 0 saturated carbocycles. The van der Waals surface area contributed by atoms with Crippen molar-refractivity contribution in [2.24, 2.45) is 17.8 Å². The maximum atomic E-state index is 13.0. The fraction of sp³-hybridized carbons (Fsp3) is 0.417. The number of nitrogens with zero attached hydrogens (tertiary/aromatic N) is 2. The van der Waals surface area contributed by atoms with Gasteiger partial charge >= 0.3 is 201 Å². The molecule has 168 valence electrons. The number of carbonyl (C=O) groups excluding carboxylic acids is 1. The number of rotatable bonds is 3. The minimum absolute atomic E-state index is 0.113. The Hall–Kier alpha value is -2.25. The van der Waals surface area contributed by atoms with Crippen molar-refractivity contribution in [1.82, 2.24) is 9.80 Å². The van der Waals surface area contributed by atoms with Crippen molar-refractivity contribution in [3.63, 3.8) is 0 Å². The van der Waals surface area contributed by atoms with Gasteiger partial charge in [-0.2, -0.15) is 0 Å². The monoisotopic (exact) mass is 606 g/mol. The van der Waals surface area contributed by atoms with Gasteiger partial charge in [0, 0.05) is 0 Å². The second kappa shape index (κ2) is 17.3. The topological polar surface area (TPSA) is 103 Å². The standard InChI is InChI=1S/C20H26N2O.4CO.W/c1-14-9-8-10-15(2)18(14)13-22-19(16(3)21(4)20(22)23)17-11-6-5-7-12-17;4*1-2;/h5-9,11-12,14-16,18-19H,10H2,1-4H3;;;;;/t14-,15+,16-,18+,19-;;;;;/m0...../s1. The SMILES string of the molecule is C[C@@H]1CC=C[C@H](C)[C@H]1[C](=[W])N1C(=O)N(C)[C@@H](C)[C@H]1c1ccccc1.[C-]#[O+].[C-]#[O+].[C-]#[O+].[C-]#[O+]. The van der Waals surface area contributed by atoms with Crippen molar-refractivity contribution >= 4 is 10.1 Å². The number of likely N-dealkylation sites (N-methyl/N-ethyl adjacent to an activating group) is 1. The number of urea groups is 1. The molecule has 0 unspecified atom stereocenters. The summed E-state index contributed by atoms with van der Waals surface area (Å²) in [5, 5.41) is 0. The Kier molecular flexibility index (Phi) is 17.3. The molecule has 0 bridgehead atoms. The summed E-state index contributed by atoms with van der Waals surface area (Å²) in [7, 11) is 1.93. The first kappa shape index (κ1) is 31.9. The zero-order chi connectivity index (χ0) is 25.4. The van der Waals surface area contributed by atoms with Gasteiger partial charge in [0.05, 0.1) is 0 Å². The third-order valence-electron chi connectivity index (χ3n) is 5.64. The van der Waals surface area contributed by atoms with Crippen LogP contribution in [0.15, 0.2) is 42.5 Å². The van der Waals surface area contributed by atoms with Gasteiger partial charge in [0.1, 0.15) is 0 Å². The molecular formula is C24H26N2O5W. The number of benzene rings is 1. The van der Waals surface area contributed by atoms with Crippen molar-refractivity contribution in [2.45, 2.75) is 39.3 Å². The van der Waals surface area contributed by atoms with Gasteiger partial charge in [-0.25, -0.2) is 0 Å². The van der Waals surface area contributed by atoms with E-state index in [0.717, 1.165) is 6.42 Å². The van der Waals surface area contributed by atoms with E-state index in [1.54, 1.807) is 0 Å². The van der Waals surface area contributed by atoms with Crippen LogP contribution in [-0.4, -0.2) is 32.9 Å². The average molecular weight is 606 g/mol. The summed E-state index contributed by atoms with van der Waals surface area (Å²) >= 11 is 1.42. The third-order valence-corrected chi connectivity index (χ3v) is 7.33. The van der Waals surface area contributed by atoms with Gasteiger partial charge in [-0.15, -0.1) is 0 Å². The molecule has 0 N–H and O–H groups in total. The first-order chi connectivity index (χ1) is 15.4. The van der Waals surface area contributed by atoms with E-state index >= 15 is 0 Å². The van der Waals surface area contributed by atoms with Crippen LogP contribution >= 0.6 is 0 Å². The summed E-state index contributed by atoms with van der Waals surface area (Å²) in [5.41, 5.74) is 1.23. The van der Waals surface area contributed by atoms with Gasteiger partial charge < -0.3 is 0 Å². The molecule has 1 heterocycles. The van der Waals surface area contributed by atoms with Crippen LogP contribution in [0.3, 0.4) is 0 Å². The molecule has 1 saturated heterocycles. The molecule has 1 aromatic carbocycles. The molecule has 8 heteroatoms. The summed E-state index contributed by atoms with van der Waals surface area (Å²) in [6, 6.07) is 10.9. The van der Waals surface area contributed by atoms with Crippen molar-refractivity contribution < 1.29 is 42.8 Å². The molecule has 3 rings (SSSR count). The quantitative estimate of drug-likeness (QED) is 0.291. The molecule has 0 radical (unpaired) electrons. The Balaban J connectivity index is 0. The molecule has 32 heavy (non-hydrogen) atoms. The molecule has 0 aromatic heterocycles. The zero-order valence-corrected chi connectivity index (χ0v) is 21.4. The molecule has 1 fully saturated rings. The predicted octanol–water partition coefficient (Wildman–Crippen LogP) is 3.86. The van der Waals surface area contributed by atoms with Gasteiger partial charge in [-0.1, -0.05) is 0 Å². The van der Waals surface area contributed by atoms with E-state index in [-0.39, 0.29) is 18.1 Å². The van der Waals surface area contributed by atoms with Crippen LogP contribution in [-0.2, 0) is 38.0 Å². The molecule has 1 aromatic rings. The van der Waals surface area contributed by atoms with Crippen LogP contribution < -0.4 is 0 Å². The first-order valence-electron chi connectivity index (χ1n) is 9.56. The molecule has 1 aliphatic carbocycles. The van der Waals surface area contributed by atoms with Gasteiger partial charge in [-0.05, 0) is 0 Å². The van der Waals surface area contributed by atoms with Crippen LogP contribution in [0.5, 0.6) is 0 Å². The van der Waals surface area contributed by atoms with E-state index in [9.17, 15) is 4.79 Å². The summed E-state index contributed by atoms with van der Waals surface area (Å²) in [5.74, 6) is 1.54. The number of carbonyl (C=O) groups is 1. The zero-order valence-electron chi connectivity index (χ0n) is 18.5. The predicted molar refractivity (Wildman–Crippen MR) is 110 cm³/mol. The fourth-order valence-corrected chi connectivity index (χ4v) is 6.42. The Morgan fingerprint density at radius 1 is 0.969 bits per heavy atom. The van der Waals surface area contributed by atoms with E-state index in [1.165, 1.54) is 28.9 Å². The molecule has 1 aliphatic heterocycles. The van der Waals surface area contributed by atoms with Crippen LogP contribution in [0.4, 0.5) is 4.79 Å². The van der Waals surface area contributed by atoms with Crippen LogP contribution in [0, 0.1) is 44.4 Å². The van der Waals surface area contributed by atoms with Crippen molar-refractivity contribution in [2.75, 3.05) is 7.05 Å². The summed E-state index contributed by atoms with van der Waals surface area (Å²) < 4.78 is 31.3. The summed E-state index contributed by atoms with van der Waals surface area (Å²) in [6.07, 6.45) is 5.72. The Morgan fingerprint density at radius 3 is 1.94 bits per heavy atom. The molecule has 0 spiro atoms. The van der Waals surface area contributed by atoms with Gasteiger partial charge in [0.15, 0.2) is 0 Å².